The zero-order chi connectivity index (χ0) is 20.9. The summed E-state index contributed by atoms with van der Waals surface area (Å²) in [5, 5.41) is 15.1. The lowest BCUT2D eigenvalue weighted by Gasteiger charge is -2.57. The number of aliphatic hydroxyl groups excluding tert-OH is 1. The maximum atomic E-state index is 10.6. The molecule has 164 valence electrons. The van der Waals surface area contributed by atoms with Gasteiger partial charge in [0, 0.05) is 6.42 Å². The number of allylic oxidation sites excluding steroid dienone is 2. The van der Waals surface area contributed by atoms with Gasteiger partial charge >= 0.3 is 0 Å². The third-order valence-electron chi connectivity index (χ3n) is 9.17. The fourth-order valence-electron chi connectivity index (χ4n) is 7.35. The summed E-state index contributed by atoms with van der Waals surface area (Å²) >= 11 is 0. The van der Waals surface area contributed by atoms with E-state index in [9.17, 15) is 5.11 Å². The summed E-state index contributed by atoms with van der Waals surface area (Å²) in [5.41, 5.74) is 3.29. The van der Waals surface area contributed by atoms with Crippen LogP contribution in [-0.4, -0.2) is 55.7 Å². The lowest BCUT2D eigenvalue weighted by molar-refractivity contribution is -0.870. The molecular formula is C25H43N2O2+. The number of hydrogen-bond donors (Lipinski definition) is 1. The van der Waals surface area contributed by atoms with Crippen LogP contribution >= 0.6 is 0 Å². The fourth-order valence-corrected chi connectivity index (χ4v) is 7.35. The molecular weight excluding hydrogens is 360 g/mol. The molecule has 4 heteroatoms. The van der Waals surface area contributed by atoms with E-state index in [0.717, 1.165) is 53.8 Å². The Hall–Kier alpha value is -0.870. The molecule has 0 bridgehead atoms. The number of nitrogens with zero attached hydrogens (tertiary/aromatic N) is 2. The second-order valence-corrected chi connectivity index (χ2v) is 11.9. The SMILES string of the molecule is C[C@]12CC[C@H]3[C@@H](CCC4=C/C(=N\OCCC[N+](C)(C)C)CC[C@@]43C)[C@@H]1CC[C@@H]2O. The van der Waals surface area contributed by atoms with Crippen LogP contribution in [0.1, 0.15) is 71.6 Å². The van der Waals surface area contributed by atoms with Crippen molar-refractivity contribution in [3.63, 3.8) is 0 Å². The first-order valence-corrected chi connectivity index (χ1v) is 12.0. The maximum Gasteiger partial charge on any atom is 0.122 e. The first-order valence-electron chi connectivity index (χ1n) is 12.0. The monoisotopic (exact) mass is 403 g/mol. The number of hydrogen-bond acceptors (Lipinski definition) is 3. The van der Waals surface area contributed by atoms with Crippen LogP contribution in [0.3, 0.4) is 0 Å². The van der Waals surface area contributed by atoms with Crippen molar-refractivity contribution >= 4 is 5.71 Å². The third-order valence-corrected chi connectivity index (χ3v) is 9.17. The first-order chi connectivity index (χ1) is 13.6. The predicted molar refractivity (Wildman–Crippen MR) is 119 cm³/mol. The van der Waals surface area contributed by atoms with E-state index in [2.05, 4.69) is 46.2 Å². The molecule has 0 unspecified atom stereocenters. The molecule has 4 aliphatic carbocycles. The Labute approximate surface area is 178 Å². The minimum Gasteiger partial charge on any atom is -0.395 e. The number of rotatable bonds is 5. The van der Waals surface area contributed by atoms with E-state index in [0.29, 0.717) is 12.0 Å². The van der Waals surface area contributed by atoms with Crippen molar-refractivity contribution in [2.24, 2.45) is 33.7 Å². The van der Waals surface area contributed by atoms with Crippen LogP contribution in [0.4, 0.5) is 0 Å². The Morgan fingerprint density at radius 2 is 1.86 bits per heavy atom. The molecule has 4 aliphatic rings. The molecule has 0 aromatic rings. The number of fused-ring (bicyclic) bond motifs is 5. The molecule has 0 radical (unpaired) electrons. The van der Waals surface area contributed by atoms with Crippen LogP contribution in [0.25, 0.3) is 0 Å². The summed E-state index contributed by atoms with van der Waals surface area (Å²) in [7, 11) is 6.65. The van der Waals surface area contributed by atoms with Crippen molar-refractivity contribution in [1.29, 1.82) is 0 Å². The zero-order valence-corrected chi connectivity index (χ0v) is 19.4. The largest absolute Gasteiger partial charge is 0.395 e. The topological polar surface area (TPSA) is 41.8 Å². The average Bonchev–Trinajstić information content (AvgIpc) is 2.95. The van der Waals surface area contributed by atoms with Crippen molar-refractivity contribution in [2.45, 2.75) is 77.7 Å². The molecule has 29 heavy (non-hydrogen) atoms. The highest BCUT2D eigenvalue weighted by atomic mass is 16.6. The molecule has 0 saturated heterocycles. The van der Waals surface area contributed by atoms with Crippen LogP contribution in [0.5, 0.6) is 0 Å². The standard InChI is InChI=1S/C25H43N2O2/c1-24-13-11-19(26-29-16-6-15-27(3,4)5)17-18(24)7-8-20-21-9-10-23(28)25(21,2)14-12-22(20)24/h17,20-23,28H,6-16H2,1-5H3/q+1/b26-19-/t20-,21-,22-,23-,24-,25-/m0/s1. The molecule has 6 atom stereocenters. The van der Waals surface area contributed by atoms with E-state index >= 15 is 0 Å². The van der Waals surface area contributed by atoms with Crippen LogP contribution in [0.2, 0.25) is 0 Å². The lowest BCUT2D eigenvalue weighted by Crippen LogP contribution is -2.51. The lowest BCUT2D eigenvalue weighted by atomic mass is 9.47. The van der Waals surface area contributed by atoms with Gasteiger partial charge in [-0.1, -0.05) is 24.6 Å². The van der Waals surface area contributed by atoms with E-state index in [4.69, 9.17) is 4.84 Å². The highest BCUT2D eigenvalue weighted by Crippen LogP contribution is 2.65. The third kappa shape index (κ3) is 3.92. The van der Waals surface area contributed by atoms with Crippen molar-refractivity contribution in [3.05, 3.63) is 11.6 Å². The Morgan fingerprint density at radius 3 is 2.62 bits per heavy atom. The van der Waals surface area contributed by atoms with Gasteiger partial charge in [-0.15, -0.1) is 0 Å². The van der Waals surface area contributed by atoms with Crippen LogP contribution in [0.15, 0.2) is 16.8 Å². The van der Waals surface area contributed by atoms with E-state index in [1.54, 1.807) is 5.57 Å². The van der Waals surface area contributed by atoms with Crippen molar-refractivity contribution in [3.8, 4) is 0 Å². The van der Waals surface area contributed by atoms with Gasteiger partial charge < -0.3 is 14.4 Å². The van der Waals surface area contributed by atoms with Gasteiger partial charge in [-0.25, -0.2) is 0 Å². The first kappa shape index (κ1) is 21.4. The minimum absolute atomic E-state index is 0.0717. The van der Waals surface area contributed by atoms with Gasteiger partial charge in [0.1, 0.15) is 6.61 Å². The van der Waals surface area contributed by atoms with Gasteiger partial charge in [0.15, 0.2) is 0 Å². The van der Waals surface area contributed by atoms with Crippen LogP contribution in [0, 0.1) is 28.6 Å². The summed E-state index contributed by atoms with van der Waals surface area (Å²) < 4.78 is 0.974. The van der Waals surface area contributed by atoms with Gasteiger partial charge in [-0.05, 0) is 86.0 Å². The average molecular weight is 404 g/mol. The summed E-state index contributed by atoms with van der Waals surface area (Å²) in [4.78, 5) is 5.68. The molecule has 0 aliphatic heterocycles. The Bertz CT molecular complexity index is 679. The van der Waals surface area contributed by atoms with Crippen molar-refractivity contribution < 1.29 is 14.4 Å². The molecule has 0 amide bonds. The summed E-state index contributed by atoms with van der Waals surface area (Å²) in [5.74, 6) is 2.32. The highest BCUT2D eigenvalue weighted by molar-refractivity contribution is 5.96. The van der Waals surface area contributed by atoms with E-state index in [-0.39, 0.29) is 11.5 Å². The predicted octanol–water partition coefficient (Wildman–Crippen LogP) is 4.78. The highest BCUT2D eigenvalue weighted by Gasteiger charge is 2.58. The van der Waals surface area contributed by atoms with Crippen molar-refractivity contribution in [2.75, 3.05) is 34.3 Å². The molecule has 0 heterocycles. The van der Waals surface area contributed by atoms with E-state index in [1.165, 1.54) is 38.5 Å². The molecule has 1 N–H and O–H groups in total. The normalized spacial score (nSPS) is 43.4. The van der Waals surface area contributed by atoms with E-state index < -0.39 is 0 Å². The summed E-state index contributed by atoms with van der Waals surface area (Å²) in [6.07, 6.45) is 12.9. The van der Waals surface area contributed by atoms with Crippen LogP contribution < -0.4 is 0 Å². The second kappa shape index (κ2) is 7.67. The van der Waals surface area contributed by atoms with Crippen molar-refractivity contribution in [1.82, 2.24) is 0 Å². The summed E-state index contributed by atoms with van der Waals surface area (Å²) in [6.45, 7) is 6.73. The van der Waals surface area contributed by atoms with Gasteiger partial charge in [0.25, 0.3) is 0 Å². The Balaban J connectivity index is 1.42. The molecule has 0 spiro atoms. The molecule has 0 aromatic carbocycles. The molecule has 0 aromatic heterocycles. The molecule has 4 nitrogen and oxygen atoms in total. The number of quaternary nitrogens is 1. The van der Waals surface area contributed by atoms with Gasteiger partial charge in [0.05, 0.1) is 39.5 Å². The van der Waals surface area contributed by atoms with Gasteiger partial charge in [-0.3, -0.25) is 0 Å². The second-order valence-electron chi connectivity index (χ2n) is 11.9. The Kier molecular flexibility index (Phi) is 5.65. The maximum absolute atomic E-state index is 10.6. The Morgan fingerprint density at radius 1 is 1.07 bits per heavy atom. The molecule has 3 saturated carbocycles. The van der Waals surface area contributed by atoms with E-state index in [1.807, 2.05) is 0 Å². The number of aliphatic hydroxyl groups is 1. The van der Waals surface area contributed by atoms with Gasteiger partial charge in [-0.2, -0.15) is 0 Å². The summed E-state index contributed by atoms with van der Waals surface area (Å²) in [6, 6.07) is 0. The quantitative estimate of drug-likeness (QED) is 0.408. The zero-order valence-electron chi connectivity index (χ0n) is 19.4. The van der Waals surface area contributed by atoms with Crippen LogP contribution in [-0.2, 0) is 4.84 Å². The molecule has 4 rings (SSSR count). The fraction of sp³-hybridized carbons (Fsp3) is 0.880. The van der Waals surface area contributed by atoms with Gasteiger partial charge in [0.2, 0.25) is 0 Å². The molecule has 3 fully saturated rings. The smallest absolute Gasteiger partial charge is 0.122 e. The number of oxime groups is 1. The minimum atomic E-state index is -0.0717.